The molecule has 1 atom stereocenters. The summed E-state index contributed by atoms with van der Waals surface area (Å²) in [5.41, 5.74) is 5.39. The molecule has 1 unspecified atom stereocenters. The number of hydrogen-bond donors (Lipinski definition) is 1. The Balaban J connectivity index is 2.29. The van der Waals surface area contributed by atoms with Crippen LogP contribution in [-0.2, 0) is 9.53 Å². The summed E-state index contributed by atoms with van der Waals surface area (Å²) in [6.07, 6.45) is 2.45. The van der Waals surface area contributed by atoms with Crippen LogP contribution in [0.1, 0.15) is 26.2 Å². The Morgan fingerprint density at radius 3 is 2.93 bits per heavy atom. The third-order valence-electron chi connectivity index (χ3n) is 2.83. The maximum Gasteiger partial charge on any atom is 0.222 e. The predicted octanol–water partition coefficient (Wildman–Crippen LogP) is 0.610. The average Bonchev–Trinajstić information content (AvgIpc) is 2.75. The van der Waals surface area contributed by atoms with Crippen molar-refractivity contribution in [3.05, 3.63) is 0 Å². The van der Waals surface area contributed by atoms with Crippen LogP contribution in [0.2, 0.25) is 0 Å². The zero-order valence-corrected chi connectivity index (χ0v) is 9.58. The normalized spacial score (nSPS) is 20.5. The molecule has 1 fully saturated rings. The number of nitrogens with two attached hydrogens (primary N) is 1. The second kappa shape index (κ2) is 6.80. The van der Waals surface area contributed by atoms with E-state index in [1.54, 1.807) is 0 Å². The van der Waals surface area contributed by atoms with Crippen LogP contribution in [0.3, 0.4) is 0 Å². The maximum absolute atomic E-state index is 11.8. The minimum atomic E-state index is 0.231. The number of nitrogens with zero attached hydrogens (tertiary/aromatic N) is 1. The molecule has 0 saturated carbocycles. The molecule has 1 aliphatic heterocycles. The van der Waals surface area contributed by atoms with Crippen molar-refractivity contribution in [1.29, 1.82) is 0 Å². The van der Waals surface area contributed by atoms with Crippen molar-refractivity contribution in [3.63, 3.8) is 0 Å². The van der Waals surface area contributed by atoms with Crippen molar-refractivity contribution in [2.45, 2.75) is 26.2 Å². The van der Waals surface area contributed by atoms with Gasteiger partial charge in [0.15, 0.2) is 0 Å². The lowest BCUT2D eigenvalue weighted by Gasteiger charge is -2.23. The lowest BCUT2D eigenvalue weighted by atomic mass is 10.1. The van der Waals surface area contributed by atoms with Gasteiger partial charge in [0.2, 0.25) is 5.91 Å². The van der Waals surface area contributed by atoms with Gasteiger partial charge in [-0.1, -0.05) is 0 Å². The molecule has 15 heavy (non-hydrogen) atoms. The zero-order valence-electron chi connectivity index (χ0n) is 9.58. The van der Waals surface area contributed by atoms with Crippen LogP contribution in [0.4, 0.5) is 0 Å². The van der Waals surface area contributed by atoms with E-state index in [1.165, 1.54) is 0 Å². The first-order chi connectivity index (χ1) is 7.27. The molecule has 4 nitrogen and oxygen atoms in total. The molecule has 0 spiro atoms. The summed E-state index contributed by atoms with van der Waals surface area (Å²) in [4.78, 5) is 13.7. The molecule has 1 rings (SSSR count). The van der Waals surface area contributed by atoms with Crippen LogP contribution < -0.4 is 5.73 Å². The fourth-order valence-corrected chi connectivity index (χ4v) is 1.86. The number of carbonyl (C=O) groups excluding carboxylic acids is 1. The summed E-state index contributed by atoms with van der Waals surface area (Å²) >= 11 is 0. The van der Waals surface area contributed by atoms with E-state index in [4.69, 9.17) is 10.5 Å². The largest absolute Gasteiger partial charge is 0.381 e. The highest BCUT2D eigenvalue weighted by molar-refractivity contribution is 5.76. The topological polar surface area (TPSA) is 55.6 Å². The Bertz CT molecular complexity index is 191. The van der Waals surface area contributed by atoms with E-state index in [1.807, 2.05) is 11.8 Å². The Morgan fingerprint density at radius 1 is 1.60 bits per heavy atom. The highest BCUT2D eigenvalue weighted by Crippen LogP contribution is 2.14. The molecule has 0 aromatic heterocycles. The molecule has 1 heterocycles. The molecule has 1 amide bonds. The van der Waals surface area contributed by atoms with E-state index in [0.717, 1.165) is 39.1 Å². The quantitative estimate of drug-likeness (QED) is 0.705. The highest BCUT2D eigenvalue weighted by Gasteiger charge is 2.20. The predicted molar refractivity (Wildman–Crippen MR) is 59.5 cm³/mol. The van der Waals surface area contributed by atoms with Crippen LogP contribution in [0.5, 0.6) is 0 Å². The summed E-state index contributed by atoms with van der Waals surface area (Å²) in [5.74, 6) is 0.765. The van der Waals surface area contributed by atoms with E-state index in [9.17, 15) is 4.79 Å². The summed E-state index contributed by atoms with van der Waals surface area (Å²) in [7, 11) is 0. The number of amides is 1. The van der Waals surface area contributed by atoms with Crippen LogP contribution >= 0.6 is 0 Å². The third kappa shape index (κ3) is 4.18. The molecule has 88 valence electrons. The standard InChI is InChI=1S/C11H22N2O2/c1-2-13(11(14)4-3-6-12)8-10-5-7-15-9-10/h10H,2-9,12H2,1H3. The van der Waals surface area contributed by atoms with Crippen molar-refractivity contribution >= 4 is 5.91 Å². The van der Waals surface area contributed by atoms with Gasteiger partial charge in [0.1, 0.15) is 0 Å². The van der Waals surface area contributed by atoms with E-state index in [0.29, 0.717) is 18.9 Å². The third-order valence-corrected chi connectivity index (χ3v) is 2.83. The summed E-state index contributed by atoms with van der Waals surface area (Å²) in [6.45, 7) is 5.91. The van der Waals surface area contributed by atoms with Crippen molar-refractivity contribution in [2.75, 3.05) is 32.8 Å². The maximum atomic E-state index is 11.8. The van der Waals surface area contributed by atoms with Crippen molar-refractivity contribution in [3.8, 4) is 0 Å². The molecule has 1 saturated heterocycles. The highest BCUT2D eigenvalue weighted by atomic mass is 16.5. The summed E-state index contributed by atoms with van der Waals surface area (Å²) in [6, 6.07) is 0. The monoisotopic (exact) mass is 214 g/mol. The van der Waals surface area contributed by atoms with E-state index >= 15 is 0 Å². The average molecular weight is 214 g/mol. The van der Waals surface area contributed by atoms with Crippen molar-refractivity contribution in [1.82, 2.24) is 4.90 Å². The molecule has 0 aromatic carbocycles. The number of carbonyl (C=O) groups is 1. The molecule has 1 aliphatic rings. The fraction of sp³-hybridized carbons (Fsp3) is 0.909. The van der Waals surface area contributed by atoms with Gasteiger partial charge in [-0.3, -0.25) is 4.79 Å². The van der Waals surface area contributed by atoms with Gasteiger partial charge in [0.25, 0.3) is 0 Å². The van der Waals surface area contributed by atoms with Gasteiger partial charge in [-0.15, -0.1) is 0 Å². The van der Waals surface area contributed by atoms with E-state index in [2.05, 4.69) is 0 Å². The van der Waals surface area contributed by atoms with Gasteiger partial charge in [0.05, 0.1) is 6.61 Å². The van der Waals surface area contributed by atoms with E-state index < -0.39 is 0 Å². The van der Waals surface area contributed by atoms with Crippen LogP contribution in [0.25, 0.3) is 0 Å². The van der Waals surface area contributed by atoms with Gasteiger partial charge in [0, 0.05) is 32.0 Å². The molecular weight excluding hydrogens is 192 g/mol. The second-order valence-electron chi connectivity index (χ2n) is 4.05. The van der Waals surface area contributed by atoms with Crippen LogP contribution in [0, 0.1) is 5.92 Å². The summed E-state index contributed by atoms with van der Waals surface area (Å²) in [5, 5.41) is 0. The van der Waals surface area contributed by atoms with Gasteiger partial charge in [-0.05, 0) is 26.3 Å². The lowest BCUT2D eigenvalue weighted by Crippen LogP contribution is -2.35. The number of rotatable bonds is 6. The number of hydrogen-bond acceptors (Lipinski definition) is 3. The van der Waals surface area contributed by atoms with Gasteiger partial charge < -0.3 is 15.4 Å². The van der Waals surface area contributed by atoms with Crippen LogP contribution in [0.15, 0.2) is 0 Å². The molecule has 0 radical (unpaired) electrons. The minimum absolute atomic E-state index is 0.231. The molecule has 0 aliphatic carbocycles. The van der Waals surface area contributed by atoms with Crippen LogP contribution in [-0.4, -0.2) is 43.7 Å². The molecular formula is C11H22N2O2. The SMILES string of the molecule is CCN(CC1CCOC1)C(=O)CCCN. The van der Waals surface area contributed by atoms with Gasteiger partial charge >= 0.3 is 0 Å². The minimum Gasteiger partial charge on any atom is -0.381 e. The Morgan fingerprint density at radius 2 is 2.40 bits per heavy atom. The van der Waals surface area contributed by atoms with Gasteiger partial charge in [-0.2, -0.15) is 0 Å². The number of ether oxygens (including phenoxy) is 1. The van der Waals surface area contributed by atoms with Crippen molar-refractivity contribution < 1.29 is 9.53 Å². The first kappa shape index (κ1) is 12.5. The lowest BCUT2D eigenvalue weighted by molar-refractivity contribution is -0.131. The first-order valence-corrected chi connectivity index (χ1v) is 5.83. The zero-order chi connectivity index (χ0) is 11.1. The smallest absolute Gasteiger partial charge is 0.222 e. The molecule has 0 aromatic rings. The fourth-order valence-electron chi connectivity index (χ4n) is 1.86. The second-order valence-corrected chi connectivity index (χ2v) is 4.05. The Kier molecular flexibility index (Phi) is 5.65. The molecule has 4 heteroatoms. The first-order valence-electron chi connectivity index (χ1n) is 5.83. The van der Waals surface area contributed by atoms with Crippen molar-refractivity contribution in [2.24, 2.45) is 11.7 Å². The van der Waals surface area contributed by atoms with E-state index in [-0.39, 0.29) is 5.91 Å². The molecule has 0 bridgehead atoms. The Labute approximate surface area is 91.8 Å². The summed E-state index contributed by atoms with van der Waals surface area (Å²) < 4.78 is 5.31. The van der Waals surface area contributed by atoms with Gasteiger partial charge in [-0.25, -0.2) is 0 Å². The Hall–Kier alpha value is -0.610. The molecule has 2 N–H and O–H groups in total.